The molecule has 0 aromatic carbocycles. The van der Waals surface area contributed by atoms with E-state index < -0.39 is 5.97 Å². The van der Waals surface area contributed by atoms with E-state index in [1.165, 1.54) is 7.11 Å². The quantitative estimate of drug-likeness (QED) is 0.790. The predicted octanol–water partition coefficient (Wildman–Crippen LogP) is 0.796. The van der Waals surface area contributed by atoms with Crippen LogP contribution in [0.3, 0.4) is 0 Å². The van der Waals surface area contributed by atoms with E-state index in [1.807, 2.05) is 0 Å². The number of aryl methyl sites for hydroxylation is 1. The lowest BCUT2D eigenvalue weighted by Crippen LogP contribution is -2.10. The van der Waals surface area contributed by atoms with Crippen LogP contribution in [0.2, 0.25) is 0 Å². The van der Waals surface area contributed by atoms with Crippen molar-refractivity contribution in [2.75, 3.05) is 18.2 Å². The number of nitrogens with two attached hydrogens (primary N) is 1. The normalized spacial score (nSPS) is 10.2. The molecule has 7 nitrogen and oxygen atoms in total. The van der Waals surface area contributed by atoms with E-state index in [4.69, 9.17) is 10.5 Å². The maximum Gasteiger partial charge on any atom is 0.341 e. The molecule has 2 aromatic heterocycles. The summed E-state index contributed by atoms with van der Waals surface area (Å²) < 4.78 is 6.28. The minimum Gasteiger partial charge on any atom is -0.465 e. The van der Waals surface area contributed by atoms with Crippen molar-refractivity contribution in [2.24, 2.45) is 7.05 Å². The van der Waals surface area contributed by atoms with Crippen LogP contribution in [0, 0.1) is 0 Å². The Morgan fingerprint density at radius 3 is 3.00 bits per heavy atom. The zero-order valence-electron chi connectivity index (χ0n) is 10.8. The molecule has 2 aromatic rings. The summed E-state index contributed by atoms with van der Waals surface area (Å²) in [7, 11) is 3.09. The standard InChI is InChI=1S/C12H15N5O2/c1-17-10(13)8(7-16-17)6-15-11-9(12(18)19-2)4-3-5-14-11/h3-5,7H,6,13H2,1-2H3,(H,14,15). The second kappa shape index (κ2) is 5.38. The molecular formula is C12H15N5O2. The fraction of sp³-hybridized carbons (Fsp3) is 0.250. The number of rotatable bonds is 4. The van der Waals surface area contributed by atoms with E-state index >= 15 is 0 Å². The maximum absolute atomic E-state index is 11.6. The highest BCUT2D eigenvalue weighted by atomic mass is 16.5. The van der Waals surface area contributed by atoms with Gasteiger partial charge in [-0.2, -0.15) is 5.10 Å². The third-order valence-corrected chi connectivity index (χ3v) is 2.72. The lowest BCUT2D eigenvalue weighted by molar-refractivity contribution is 0.0601. The van der Waals surface area contributed by atoms with Crippen LogP contribution in [0.25, 0.3) is 0 Å². The van der Waals surface area contributed by atoms with Gasteiger partial charge >= 0.3 is 5.97 Å². The molecule has 0 spiro atoms. The van der Waals surface area contributed by atoms with Crippen LogP contribution in [-0.2, 0) is 18.3 Å². The molecule has 19 heavy (non-hydrogen) atoms. The Morgan fingerprint density at radius 2 is 2.37 bits per heavy atom. The molecule has 0 fully saturated rings. The van der Waals surface area contributed by atoms with Crippen molar-refractivity contribution in [2.45, 2.75) is 6.54 Å². The van der Waals surface area contributed by atoms with E-state index in [9.17, 15) is 4.79 Å². The van der Waals surface area contributed by atoms with Gasteiger partial charge < -0.3 is 15.8 Å². The topological polar surface area (TPSA) is 95.1 Å². The summed E-state index contributed by atoms with van der Waals surface area (Å²) in [6, 6.07) is 3.32. The van der Waals surface area contributed by atoms with Crippen molar-refractivity contribution >= 4 is 17.6 Å². The average molecular weight is 261 g/mol. The van der Waals surface area contributed by atoms with Crippen LogP contribution in [0.1, 0.15) is 15.9 Å². The number of methoxy groups -OCH3 is 1. The van der Waals surface area contributed by atoms with Gasteiger partial charge in [0.2, 0.25) is 0 Å². The van der Waals surface area contributed by atoms with Crippen molar-refractivity contribution in [1.29, 1.82) is 0 Å². The molecule has 2 rings (SSSR count). The van der Waals surface area contributed by atoms with Crippen LogP contribution in [0.4, 0.5) is 11.6 Å². The van der Waals surface area contributed by atoms with E-state index in [0.29, 0.717) is 23.7 Å². The first kappa shape index (κ1) is 12.9. The number of esters is 1. The largest absolute Gasteiger partial charge is 0.465 e. The van der Waals surface area contributed by atoms with Gasteiger partial charge in [-0.05, 0) is 12.1 Å². The Hall–Kier alpha value is -2.57. The van der Waals surface area contributed by atoms with Crippen molar-refractivity contribution in [3.8, 4) is 0 Å². The van der Waals surface area contributed by atoms with Gasteiger partial charge in [-0.3, -0.25) is 4.68 Å². The number of nitrogens with one attached hydrogen (secondary N) is 1. The first-order valence-electron chi connectivity index (χ1n) is 5.67. The highest BCUT2D eigenvalue weighted by Crippen LogP contribution is 2.16. The van der Waals surface area contributed by atoms with Crippen molar-refractivity contribution in [1.82, 2.24) is 14.8 Å². The van der Waals surface area contributed by atoms with Gasteiger partial charge in [0.15, 0.2) is 0 Å². The van der Waals surface area contributed by atoms with E-state index in [2.05, 4.69) is 15.4 Å². The first-order chi connectivity index (χ1) is 9.13. The molecule has 0 radical (unpaired) electrons. The van der Waals surface area contributed by atoms with Gasteiger partial charge in [0.05, 0.1) is 13.3 Å². The molecule has 100 valence electrons. The van der Waals surface area contributed by atoms with Gasteiger partial charge in [-0.15, -0.1) is 0 Å². The second-order valence-electron chi connectivity index (χ2n) is 3.92. The number of carbonyl (C=O) groups excluding carboxylic acids is 1. The van der Waals surface area contributed by atoms with E-state index in [0.717, 1.165) is 5.56 Å². The highest BCUT2D eigenvalue weighted by molar-refractivity contribution is 5.94. The van der Waals surface area contributed by atoms with Crippen LogP contribution >= 0.6 is 0 Å². The molecule has 3 N–H and O–H groups in total. The van der Waals surface area contributed by atoms with Crippen LogP contribution < -0.4 is 11.1 Å². The molecule has 0 amide bonds. The molecule has 7 heteroatoms. The zero-order valence-corrected chi connectivity index (χ0v) is 10.8. The molecule has 0 unspecified atom stereocenters. The molecule has 0 aliphatic carbocycles. The minimum atomic E-state index is -0.435. The Kier molecular flexibility index (Phi) is 3.65. The number of anilines is 2. The molecule has 0 atom stereocenters. The lowest BCUT2D eigenvalue weighted by Gasteiger charge is -2.09. The Morgan fingerprint density at radius 1 is 1.58 bits per heavy atom. The van der Waals surface area contributed by atoms with Gasteiger partial charge in [-0.1, -0.05) is 0 Å². The van der Waals surface area contributed by atoms with Crippen molar-refractivity contribution < 1.29 is 9.53 Å². The second-order valence-corrected chi connectivity index (χ2v) is 3.92. The predicted molar refractivity (Wildman–Crippen MR) is 70.5 cm³/mol. The number of carbonyl (C=O) groups is 1. The number of hydrogen-bond donors (Lipinski definition) is 2. The number of aromatic nitrogens is 3. The number of ether oxygens (including phenoxy) is 1. The first-order valence-corrected chi connectivity index (χ1v) is 5.67. The summed E-state index contributed by atoms with van der Waals surface area (Å²) in [4.78, 5) is 15.7. The molecule has 2 heterocycles. The Balaban J connectivity index is 2.16. The van der Waals surface area contributed by atoms with Gasteiger partial charge in [-0.25, -0.2) is 9.78 Å². The summed E-state index contributed by atoms with van der Waals surface area (Å²) in [6.45, 7) is 0.431. The lowest BCUT2D eigenvalue weighted by atomic mass is 10.2. The van der Waals surface area contributed by atoms with E-state index in [-0.39, 0.29) is 0 Å². The maximum atomic E-state index is 11.6. The van der Waals surface area contributed by atoms with Crippen LogP contribution in [0.15, 0.2) is 24.5 Å². The van der Waals surface area contributed by atoms with Crippen molar-refractivity contribution in [3.05, 3.63) is 35.7 Å². The number of pyridine rings is 1. The molecule has 0 saturated heterocycles. The number of hydrogen-bond acceptors (Lipinski definition) is 6. The van der Waals surface area contributed by atoms with Gasteiger partial charge in [0, 0.05) is 25.4 Å². The van der Waals surface area contributed by atoms with E-state index in [1.54, 1.807) is 36.3 Å². The molecule has 0 aliphatic rings. The summed E-state index contributed by atoms with van der Waals surface area (Å²) in [5.41, 5.74) is 7.06. The number of nitrogens with zero attached hydrogens (tertiary/aromatic N) is 3. The zero-order chi connectivity index (χ0) is 13.8. The molecular weight excluding hydrogens is 246 g/mol. The summed E-state index contributed by atoms with van der Waals surface area (Å²) >= 11 is 0. The van der Waals surface area contributed by atoms with Crippen molar-refractivity contribution in [3.63, 3.8) is 0 Å². The van der Waals surface area contributed by atoms with Gasteiger partial charge in [0.1, 0.15) is 17.2 Å². The Labute approximate surface area is 110 Å². The minimum absolute atomic E-state index is 0.382. The monoisotopic (exact) mass is 261 g/mol. The third kappa shape index (κ3) is 2.65. The van der Waals surface area contributed by atoms with Gasteiger partial charge in [0.25, 0.3) is 0 Å². The summed E-state index contributed by atoms with van der Waals surface area (Å²) in [5, 5.41) is 7.10. The van der Waals surface area contributed by atoms with Crippen LogP contribution in [0.5, 0.6) is 0 Å². The molecule has 0 aliphatic heterocycles. The fourth-order valence-electron chi connectivity index (χ4n) is 1.63. The molecule has 0 bridgehead atoms. The number of nitrogen functional groups attached to an aromatic ring is 1. The Bertz CT molecular complexity index is 594. The SMILES string of the molecule is COC(=O)c1cccnc1NCc1cnn(C)c1N. The fourth-order valence-corrected chi connectivity index (χ4v) is 1.63. The smallest absolute Gasteiger partial charge is 0.341 e. The summed E-state index contributed by atoms with van der Waals surface area (Å²) in [5.74, 6) is 0.593. The molecule has 0 saturated carbocycles. The highest BCUT2D eigenvalue weighted by Gasteiger charge is 2.13. The average Bonchev–Trinajstić information content (AvgIpc) is 2.76. The summed E-state index contributed by atoms with van der Waals surface area (Å²) in [6.07, 6.45) is 3.27. The van der Waals surface area contributed by atoms with Crippen LogP contribution in [-0.4, -0.2) is 27.8 Å². The third-order valence-electron chi connectivity index (χ3n) is 2.72.